The highest BCUT2D eigenvalue weighted by Crippen LogP contribution is 2.41. The average Bonchev–Trinajstić information content (AvgIpc) is 2.86. The van der Waals surface area contributed by atoms with Gasteiger partial charge in [0.25, 0.3) is 0 Å². The molecule has 0 amide bonds. The maximum Gasteiger partial charge on any atom is 0.459 e. The van der Waals surface area contributed by atoms with E-state index in [-0.39, 0.29) is 22.8 Å². The lowest BCUT2D eigenvalue weighted by Gasteiger charge is -2.15. The summed E-state index contributed by atoms with van der Waals surface area (Å²) >= 11 is 0. The summed E-state index contributed by atoms with van der Waals surface area (Å²) in [5.41, 5.74) is 3.35. The number of ketones is 1. The van der Waals surface area contributed by atoms with Gasteiger partial charge < -0.3 is 14.2 Å². The van der Waals surface area contributed by atoms with Gasteiger partial charge in [-0.2, -0.15) is 0 Å². The third-order valence-electron chi connectivity index (χ3n) is 6.16. The fourth-order valence-corrected chi connectivity index (χ4v) is 5.66. The van der Waals surface area contributed by atoms with E-state index < -0.39 is 13.3 Å². The maximum absolute atomic E-state index is 13.7. The third kappa shape index (κ3) is 4.34. The van der Waals surface area contributed by atoms with Gasteiger partial charge in [0.05, 0.1) is 21.3 Å². The van der Waals surface area contributed by atoms with Crippen molar-refractivity contribution < 1.29 is 28.4 Å². The minimum Gasteiger partial charge on any atom is -0.496 e. The molecule has 0 bridgehead atoms. The van der Waals surface area contributed by atoms with Gasteiger partial charge in [0.15, 0.2) is 11.3 Å². The van der Waals surface area contributed by atoms with Crippen molar-refractivity contribution in [1.29, 1.82) is 0 Å². The molecule has 0 heterocycles. The molecule has 0 aliphatic heterocycles. The Balaban J connectivity index is 2.16. The molecular formula is C27H28O6P+. The van der Waals surface area contributed by atoms with Gasteiger partial charge in [-0.25, -0.2) is 4.79 Å². The predicted molar refractivity (Wildman–Crippen MR) is 133 cm³/mol. The highest BCUT2D eigenvalue weighted by Gasteiger charge is 2.42. The lowest BCUT2D eigenvalue weighted by atomic mass is 9.89. The summed E-state index contributed by atoms with van der Waals surface area (Å²) in [4.78, 5) is 26.8. The molecule has 0 aromatic heterocycles. The van der Waals surface area contributed by atoms with Gasteiger partial charge in [0.1, 0.15) is 17.2 Å². The Labute approximate surface area is 200 Å². The molecule has 6 nitrogen and oxygen atoms in total. The fourth-order valence-electron chi connectivity index (χ4n) is 4.09. The van der Waals surface area contributed by atoms with Gasteiger partial charge >= 0.3 is 13.3 Å². The Morgan fingerprint density at radius 3 is 1.65 bits per heavy atom. The van der Waals surface area contributed by atoms with E-state index >= 15 is 0 Å². The second kappa shape index (κ2) is 10.2. The van der Waals surface area contributed by atoms with Crippen LogP contribution in [0.5, 0.6) is 17.2 Å². The van der Waals surface area contributed by atoms with Crippen LogP contribution >= 0.6 is 7.80 Å². The van der Waals surface area contributed by atoms with Gasteiger partial charge in [-0.05, 0) is 38.8 Å². The van der Waals surface area contributed by atoms with Crippen LogP contribution in [0.2, 0.25) is 0 Å². The monoisotopic (exact) mass is 479 g/mol. The van der Waals surface area contributed by atoms with Crippen LogP contribution in [0.4, 0.5) is 0 Å². The van der Waals surface area contributed by atoms with E-state index in [1.54, 1.807) is 38.1 Å². The lowest BCUT2D eigenvalue weighted by molar-refractivity contribution is 0.103. The van der Waals surface area contributed by atoms with Crippen molar-refractivity contribution in [2.24, 2.45) is 0 Å². The normalized spacial score (nSPS) is 11.1. The zero-order valence-corrected chi connectivity index (χ0v) is 21.3. The van der Waals surface area contributed by atoms with Crippen LogP contribution in [0.15, 0.2) is 42.5 Å². The van der Waals surface area contributed by atoms with E-state index in [9.17, 15) is 14.2 Å². The maximum atomic E-state index is 13.7. The minimum atomic E-state index is -2.53. The summed E-state index contributed by atoms with van der Waals surface area (Å²) < 4.78 is 29.7. The first kappa shape index (κ1) is 25.1. The van der Waals surface area contributed by atoms with Crippen molar-refractivity contribution in [2.75, 3.05) is 21.3 Å². The molecule has 0 aliphatic rings. The van der Waals surface area contributed by atoms with Crippen LogP contribution in [0.25, 0.3) is 0 Å². The van der Waals surface area contributed by atoms with Crippen LogP contribution in [-0.4, -0.2) is 32.6 Å². The summed E-state index contributed by atoms with van der Waals surface area (Å²) in [6.45, 7) is 7.23. The van der Waals surface area contributed by atoms with Gasteiger partial charge in [0.2, 0.25) is 5.30 Å². The Kier molecular flexibility index (Phi) is 7.53. The number of hydrogen-bond donors (Lipinski definition) is 0. The van der Waals surface area contributed by atoms with Crippen molar-refractivity contribution in [1.82, 2.24) is 0 Å². The zero-order valence-electron chi connectivity index (χ0n) is 20.4. The van der Waals surface area contributed by atoms with Crippen LogP contribution in [-0.2, 0) is 4.57 Å². The van der Waals surface area contributed by atoms with E-state index in [4.69, 9.17) is 14.2 Å². The molecule has 0 aliphatic carbocycles. The smallest absolute Gasteiger partial charge is 0.459 e. The summed E-state index contributed by atoms with van der Waals surface area (Å²) in [5, 5.41) is 0.430. The van der Waals surface area contributed by atoms with Crippen molar-refractivity contribution in [2.45, 2.75) is 27.7 Å². The number of methoxy groups -OCH3 is 3. The molecule has 0 fully saturated rings. The summed E-state index contributed by atoms with van der Waals surface area (Å²) in [5.74, 6) is 0.769. The Hall–Kier alpha value is -3.50. The van der Waals surface area contributed by atoms with Crippen molar-refractivity contribution in [3.8, 4) is 17.2 Å². The first-order valence-electron chi connectivity index (χ1n) is 10.7. The first-order valence-corrected chi connectivity index (χ1v) is 12.0. The largest absolute Gasteiger partial charge is 0.496 e. The number of carbonyl (C=O) groups excluding carboxylic acids is 2. The molecule has 0 N–H and O–H groups in total. The van der Waals surface area contributed by atoms with Crippen LogP contribution in [0.3, 0.4) is 0 Å². The topological polar surface area (TPSA) is 78.9 Å². The predicted octanol–water partition coefficient (Wildman–Crippen LogP) is 5.47. The van der Waals surface area contributed by atoms with Crippen LogP contribution < -0.4 is 19.5 Å². The van der Waals surface area contributed by atoms with Crippen LogP contribution in [0.1, 0.15) is 48.5 Å². The second-order valence-corrected chi connectivity index (χ2v) is 9.37. The molecule has 0 radical (unpaired) electrons. The molecule has 0 spiro atoms. The van der Waals surface area contributed by atoms with Gasteiger partial charge in [-0.15, -0.1) is 0 Å². The molecule has 34 heavy (non-hydrogen) atoms. The van der Waals surface area contributed by atoms with Gasteiger partial charge in [-0.1, -0.05) is 34.9 Å². The standard InChI is InChI=1S/C27H28O6P/c1-15-17(3)26(18(4)16(2)23(15)25(28)19-11-9-8-10-12-19)34(30)27(29)24-21(32-6)13-20(31-5)14-22(24)33-7/h8-14H,1-7H3/q+1. The van der Waals surface area contributed by atoms with Crippen molar-refractivity contribution >= 4 is 24.4 Å². The molecule has 1 atom stereocenters. The molecule has 0 saturated heterocycles. The average molecular weight is 479 g/mol. The Morgan fingerprint density at radius 1 is 0.706 bits per heavy atom. The molecule has 3 aromatic carbocycles. The van der Waals surface area contributed by atoms with Crippen LogP contribution in [0, 0.1) is 27.7 Å². The SMILES string of the molecule is COc1cc(OC)c(C(=O)[P+](=O)c2c(C)c(C)c(C(=O)c3ccccc3)c(C)c2C)c(OC)c1. The molecule has 3 rings (SSSR count). The number of hydrogen-bond acceptors (Lipinski definition) is 6. The quantitative estimate of drug-likeness (QED) is 0.315. The van der Waals surface area contributed by atoms with E-state index in [1.165, 1.54) is 21.3 Å². The summed E-state index contributed by atoms with van der Waals surface area (Å²) in [6.07, 6.45) is 0. The highest BCUT2D eigenvalue weighted by atomic mass is 31.1. The number of rotatable bonds is 8. The zero-order chi connectivity index (χ0) is 25.2. The molecule has 7 heteroatoms. The lowest BCUT2D eigenvalue weighted by Crippen LogP contribution is -2.20. The molecule has 3 aromatic rings. The van der Waals surface area contributed by atoms with E-state index in [0.29, 0.717) is 44.4 Å². The second-order valence-electron chi connectivity index (χ2n) is 7.93. The fraction of sp³-hybridized carbons (Fsp3) is 0.259. The number of carbonyl (C=O) groups is 2. The number of ether oxygens (including phenoxy) is 3. The van der Waals surface area contributed by atoms with E-state index in [2.05, 4.69) is 0 Å². The van der Waals surface area contributed by atoms with Gasteiger partial charge in [-0.3, -0.25) is 4.79 Å². The Bertz CT molecular complexity index is 1240. The van der Waals surface area contributed by atoms with Gasteiger partial charge in [0, 0.05) is 34.4 Å². The molecule has 176 valence electrons. The van der Waals surface area contributed by atoms with E-state index in [1.807, 2.05) is 32.0 Å². The molecule has 1 unspecified atom stereocenters. The first-order chi connectivity index (χ1) is 16.2. The minimum absolute atomic E-state index is 0.0884. The Morgan fingerprint density at radius 2 is 1.21 bits per heavy atom. The molecular weight excluding hydrogens is 451 g/mol. The van der Waals surface area contributed by atoms with E-state index in [0.717, 1.165) is 0 Å². The third-order valence-corrected chi connectivity index (χ3v) is 7.83. The highest BCUT2D eigenvalue weighted by molar-refractivity contribution is 7.71. The van der Waals surface area contributed by atoms with Crippen molar-refractivity contribution in [3.05, 3.63) is 81.4 Å². The van der Waals surface area contributed by atoms with Crippen molar-refractivity contribution in [3.63, 3.8) is 0 Å². The number of benzene rings is 3. The molecule has 0 saturated carbocycles. The summed E-state index contributed by atoms with van der Waals surface area (Å²) in [6, 6.07) is 12.1. The summed E-state index contributed by atoms with van der Waals surface area (Å²) in [7, 11) is 1.81.